The van der Waals surface area contributed by atoms with Gasteiger partial charge in [-0.15, -0.1) is 10.2 Å². The number of methoxy groups -OCH3 is 2. The van der Waals surface area contributed by atoms with Gasteiger partial charge in [0.25, 0.3) is 5.22 Å². The molecule has 0 aliphatic carbocycles. The van der Waals surface area contributed by atoms with Gasteiger partial charge in [-0.3, -0.25) is 0 Å². The third-order valence-electron chi connectivity index (χ3n) is 3.87. The van der Waals surface area contributed by atoms with Crippen molar-refractivity contribution in [3.8, 4) is 28.6 Å². The predicted molar refractivity (Wildman–Crippen MR) is 104 cm³/mol. The lowest BCUT2D eigenvalue weighted by Crippen LogP contribution is -1.98. The van der Waals surface area contributed by atoms with E-state index >= 15 is 0 Å². The lowest BCUT2D eigenvalue weighted by molar-refractivity contribution is 0.394. The quantitative estimate of drug-likeness (QED) is 0.438. The van der Waals surface area contributed by atoms with E-state index in [9.17, 15) is 0 Å². The Hall–Kier alpha value is -3.33. The van der Waals surface area contributed by atoms with Crippen LogP contribution in [-0.2, 0) is 5.75 Å². The third-order valence-corrected chi connectivity index (χ3v) is 4.73. The smallest absolute Gasteiger partial charge is 0.277 e. The number of para-hydroxylation sites is 1. The highest BCUT2D eigenvalue weighted by Crippen LogP contribution is 2.31. The van der Waals surface area contributed by atoms with E-state index in [1.807, 2.05) is 42.5 Å². The predicted octanol–water partition coefficient (Wildman–Crippen LogP) is 3.63. The molecule has 0 bridgehead atoms. The largest absolute Gasteiger partial charge is 0.497 e. The van der Waals surface area contributed by atoms with Crippen molar-refractivity contribution >= 4 is 11.8 Å². The number of rotatable bonds is 7. The number of hydrogen-bond donors (Lipinski definition) is 0. The average Bonchev–Trinajstić information content (AvgIpc) is 3.42. The molecule has 2 heterocycles. The van der Waals surface area contributed by atoms with E-state index < -0.39 is 0 Å². The Morgan fingerprint density at radius 1 is 1.00 bits per heavy atom. The first-order chi connectivity index (χ1) is 13.7. The minimum atomic E-state index is 0.396. The van der Waals surface area contributed by atoms with Crippen molar-refractivity contribution in [2.45, 2.75) is 11.0 Å². The van der Waals surface area contributed by atoms with Gasteiger partial charge < -0.3 is 13.9 Å². The number of thioether (sulfide) groups is 1. The monoisotopic (exact) mass is 395 g/mol. The molecule has 2 aromatic heterocycles. The highest BCUT2D eigenvalue weighted by atomic mass is 32.2. The van der Waals surface area contributed by atoms with E-state index in [1.54, 1.807) is 31.3 Å². The van der Waals surface area contributed by atoms with Gasteiger partial charge >= 0.3 is 0 Å². The normalized spacial score (nSPS) is 10.8. The zero-order chi connectivity index (χ0) is 19.3. The number of hydrogen-bond acceptors (Lipinski definition) is 8. The van der Waals surface area contributed by atoms with Crippen LogP contribution < -0.4 is 9.47 Å². The van der Waals surface area contributed by atoms with E-state index in [0.29, 0.717) is 28.4 Å². The van der Waals surface area contributed by atoms with Crippen LogP contribution in [0.3, 0.4) is 0 Å². The molecule has 142 valence electrons. The van der Waals surface area contributed by atoms with E-state index in [2.05, 4.69) is 20.4 Å². The molecule has 9 heteroatoms. The van der Waals surface area contributed by atoms with Crippen LogP contribution in [0.1, 0.15) is 5.69 Å². The fraction of sp³-hybridized carbons (Fsp3) is 0.158. The lowest BCUT2D eigenvalue weighted by Gasteiger charge is -2.05. The Bertz CT molecular complexity index is 1040. The van der Waals surface area contributed by atoms with Crippen molar-refractivity contribution in [1.82, 2.24) is 25.2 Å². The zero-order valence-corrected chi connectivity index (χ0v) is 16.1. The van der Waals surface area contributed by atoms with Crippen molar-refractivity contribution in [3.05, 3.63) is 60.4 Å². The standard InChI is InChI=1S/C19H17N5O3S/c1-25-16-8-13(9-17(10-16)26-2)18-21-22-19(27-18)28-12-14-11-20-24(23-14)15-6-4-3-5-7-15/h3-11H,12H2,1-2H3. The van der Waals surface area contributed by atoms with Crippen LogP contribution in [0.4, 0.5) is 0 Å². The summed E-state index contributed by atoms with van der Waals surface area (Å²) < 4.78 is 16.3. The van der Waals surface area contributed by atoms with Crippen LogP contribution in [0.15, 0.2) is 64.4 Å². The van der Waals surface area contributed by atoms with Crippen molar-refractivity contribution in [1.29, 1.82) is 0 Å². The van der Waals surface area contributed by atoms with Gasteiger partial charge in [-0.1, -0.05) is 30.0 Å². The summed E-state index contributed by atoms with van der Waals surface area (Å²) in [6, 6.07) is 15.2. The molecule has 2 aromatic carbocycles. The molecule has 0 spiro atoms. The molecule has 0 radical (unpaired) electrons. The minimum absolute atomic E-state index is 0.396. The first kappa shape index (κ1) is 18.1. The Balaban J connectivity index is 1.45. The summed E-state index contributed by atoms with van der Waals surface area (Å²) in [5.41, 5.74) is 2.45. The van der Waals surface area contributed by atoms with Gasteiger partial charge in [-0.05, 0) is 24.3 Å². The summed E-state index contributed by atoms with van der Waals surface area (Å²) in [4.78, 5) is 1.59. The second-order valence-electron chi connectivity index (χ2n) is 5.72. The van der Waals surface area contributed by atoms with Crippen molar-refractivity contribution < 1.29 is 13.9 Å². The second-order valence-corrected chi connectivity index (χ2v) is 6.65. The number of ether oxygens (including phenoxy) is 2. The summed E-state index contributed by atoms with van der Waals surface area (Å²) in [5.74, 6) is 2.27. The Morgan fingerprint density at radius 3 is 2.46 bits per heavy atom. The average molecular weight is 395 g/mol. The molecule has 8 nitrogen and oxygen atoms in total. The van der Waals surface area contributed by atoms with E-state index in [1.165, 1.54) is 11.8 Å². The van der Waals surface area contributed by atoms with E-state index in [4.69, 9.17) is 13.9 Å². The fourth-order valence-electron chi connectivity index (χ4n) is 2.50. The van der Waals surface area contributed by atoms with Crippen LogP contribution in [0.2, 0.25) is 0 Å². The molecule has 4 aromatic rings. The molecule has 0 atom stereocenters. The van der Waals surface area contributed by atoms with Gasteiger partial charge in [-0.2, -0.15) is 15.0 Å². The highest BCUT2D eigenvalue weighted by molar-refractivity contribution is 7.98. The van der Waals surface area contributed by atoms with E-state index in [0.717, 1.165) is 16.9 Å². The maximum absolute atomic E-state index is 5.76. The minimum Gasteiger partial charge on any atom is -0.497 e. The Morgan fingerprint density at radius 2 is 1.75 bits per heavy atom. The topological polar surface area (TPSA) is 88.1 Å². The molecule has 28 heavy (non-hydrogen) atoms. The fourth-order valence-corrected chi connectivity index (χ4v) is 3.14. The SMILES string of the molecule is COc1cc(OC)cc(-c2nnc(SCc3cnn(-c4ccccc4)n3)o2)c1. The van der Waals surface area contributed by atoms with E-state index in [-0.39, 0.29) is 0 Å². The molecule has 0 aliphatic heterocycles. The lowest BCUT2D eigenvalue weighted by atomic mass is 10.2. The second kappa shape index (κ2) is 8.13. The molecule has 0 fully saturated rings. The summed E-state index contributed by atoms with van der Waals surface area (Å²) in [6.45, 7) is 0. The Kier molecular flexibility index (Phi) is 5.24. The molecule has 0 N–H and O–H groups in total. The maximum Gasteiger partial charge on any atom is 0.277 e. The van der Waals surface area contributed by atoms with Crippen LogP contribution >= 0.6 is 11.8 Å². The molecular formula is C19H17N5O3S. The molecule has 0 aliphatic rings. The van der Waals surface area contributed by atoms with Crippen LogP contribution in [-0.4, -0.2) is 39.4 Å². The van der Waals surface area contributed by atoms with Crippen molar-refractivity contribution in [2.24, 2.45) is 0 Å². The molecule has 0 saturated carbocycles. The zero-order valence-electron chi connectivity index (χ0n) is 15.3. The van der Waals surface area contributed by atoms with Gasteiger partial charge in [0.2, 0.25) is 5.89 Å². The van der Waals surface area contributed by atoms with Crippen LogP contribution in [0, 0.1) is 0 Å². The van der Waals surface area contributed by atoms with Gasteiger partial charge in [0.1, 0.15) is 11.5 Å². The molecule has 0 saturated heterocycles. The van der Waals surface area contributed by atoms with Gasteiger partial charge in [0, 0.05) is 17.4 Å². The van der Waals surface area contributed by atoms with Crippen LogP contribution in [0.25, 0.3) is 17.1 Å². The summed E-state index contributed by atoms with van der Waals surface area (Å²) in [7, 11) is 3.19. The summed E-state index contributed by atoms with van der Waals surface area (Å²) in [6.07, 6.45) is 1.73. The first-order valence-electron chi connectivity index (χ1n) is 8.41. The van der Waals surface area contributed by atoms with Crippen LogP contribution in [0.5, 0.6) is 11.5 Å². The molecule has 0 amide bonds. The molecule has 4 rings (SSSR count). The molecule has 0 unspecified atom stereocenters. The van der Waals surface area contributed by atoms with Gasteiger partial charge in [-0.25, -0.2) is 0 Å². The number of nitrogens with zero attached hydrogens (tertiary/aromatic N) is 5. The Labute approximate surface area is 165 Å². The summed E-state index contributed by atoms with van der Waals surface area (Å²) >= 11 is 1.40. The number of benzene rings is 2. The van der Waals surface area contributed by atoms with Crippen molar-refractivity contribution in [2.75, 3.05) is 14.2 Å². The van der Waals surface area contributed by atoms with Gasteiger partial charge in [0.15, 0.2) is 0 Å². The highest BCUT2D eigenvalue weighted by Gasteiger charge is 2.13. The summed E-state index contributed by atoms with van der Waals surface area (Å²) in [5, 5.41) is 17.4. The molecular weight excluding hydrogens is 378 g/mol. The third kappa shape index (κ3) is 3.99. The first-order valence-corrected chi connectivity index (χ1v) is 9.40. The number of aromatic nitrogens is 5. The maximum atomic E-state index is 5.76. The van der Waals surface area contributed by atoms with Crippen molar-refractivity contribution in [3.63, 3.8) is 0 Å². The van der Waals surface area contributed by atoms with Gasteiger partial charge in [0.05, 0.1) is 31.8 Å².